The van der Waals surface area contributed by atoms with E-state index in [0.717, 1.165) is 29.7 Å². The molecule has 1 N–H and O–H groups in total. The van der Waals surface area contributed by atoms with Crippen LogP contribution in [0.3, 0.4) is 0 Å². The van der Waals surface area contributed by atoms with Crippen LogP contribution in [0.5, 0.6) is 0 Å². The number of carbonyl (C=O) groups excluding carboxylic acids is 1. The Bertz CT molecular complexity index is 1200. The lowest BCUT2D eigenvalue weighted by Gasteiger charge is -2.16. The second-order valence-corrected chi connectivity index (χ2v) is 10.3. The summed E-state index contributed by atoms with van der Waals surface area (Å²) in [6.07, 6.45) is 1.68. The molecule has 0 spiro atoms. The molecule has 0 aliphatic carbocycles. The fourth-order valence-electron chi connectivity index (χ4n) is 3.40. The highest BCUT2D eigenvalue weighted by Gasteiger charge is 2.28. The van der Waals surface area contributed by atoms with E-state index in [9.17, 15) is 13.2 Å². The van der Waals surface area contributed by atoms with Gasteiger partial charge in [-0.05, 0) is 43.5 Å². The maximum absolute atomic E-state index is 12.8. The molecule has 30 heavy (non-hydrogen) atoms. The van der Waals surface area contributed by atoms with Crippen LogP contribution >= 0.6 is 22.9 Å². The van der Waals surface area contributed by atoms with E-state index in [1.54, 1.807) is 0 Å². The number of carbonyl (C=O) groups is 1. The number of halogens is 1. The van der Waals surface area contributed by atoms with Gasteiger partial charge in [0.1, 0.15) is 0 Å². The Labute approximate surface area is 184 Å². The fraction of sp³-hybridized carbons (Fsp3) is 0.238. The Hall–Kier alpha value is -2.26. The maximum Gasteiger partial charge on any atom is 0.259 e. The summed E-state index contributed by atoms with van der Waals surface area (Å²) in [5.41, 5.74) is 2.95. The minimum Gasteiger partial charge on any atom is -0.298 e. The van der Waals surface area contributed by atoms with Crippen LogP contribution in [0.1, 0.15) is 28.8 Å². The normalized spacial score (nSPS) is 14.7. The van der Waals surface area contributed by atoms with E-state index in [1.807, 2.05) is 36.6 Å². The zero-order chi connectivity index (χ0) is 21.3. The molecule has 1 aliphatic heterocycles. The molecule has 0 radical (unpaired) electrons. The molecule has 1 aliphatic rings. The highest BCUT2D eigenvalue weighted by atomic mass is 35.5. The summed E-state index contributed by atoms with van der Waals surface area (Å²) in [6, 6.07) is 12.1. The number of aryl methyl sites for hydroxylation is 1. The van der Waals surface area contributed by atoms with Gasteiger partial charge in [0.25, 0.3) is 5.91 Å². The van der Waals surface area contributed by atoms with Crippen molar-refractivity contribution in [2.45, 2.75) is 24.7 Å². The molecule has 1 amide bonds. The largest absolute Gasteiger partial charge is 0.298 e. The molecule has 2 heterocycles. The molecule has 1 saturated heterocycles. The summed E-state index contributed by atoms with van der Waals surface area (Å²) < 4.78 is 27.1. The Morgan fingerprint density at radius 1 is 1.17 bits per heavy atom. The van der Waals surface area contributed by atoms with Crippen molar-refractivity contribution in [3.05, 3.63) is 64.0 Å². The van der Waals surface area contributed by atoms with E-state index in [4.69, 9.17) is 11.6 Å². The third-order valence-corrected chi connectivity index (χ3v) is 8.01. The first-order valence-electron chi connectivity index (χ1n) is 9.49. The Kier molecular flexibility index (Phi) is 5.92. The van der Waals surface area contributed by atoms with Gasteiger partial charge in [-0.15, -0.1) is 11.3 Å². The van der Waals surface area contributed by atoms with Crippen molar-refractivity contribution in [1.29, 1.82) is 0 Å². The van der Waals surface area contributed by atoms with Crippen LogP contribution in [0, 0.1) is 6.92 Å². The summed E-state index contributed by atoms with van der Waals surface area (Å²) in [4.78, 5) is 17.4. The smallest absolute Gasteiger partial charge is 0.259 e. The van der Waals surface area contributed by atoms with Gasteiger partial charge >= 0.3 is 0 Å². The number of nitrogens with one attached hydrogen (secondary N) is 1. The topological polar surface area (TPSA) is 79.4 Å². The average Bonchev–Trinajstić information content (AvgIpc) is 3.41. The SMILES string of the molecule is Cc1ccccc1-c1csc(NC(=O)c2cc(S(=O)(=O)N3CCCC3)ccc2Cl)n1. The highest BCUT2D eigenvalue weighted by Crippen LogP contribution is 2.29. The van der Waals surface area contributed by atoms with E-state index in [2.05, 4.69) is 10.3 Å². The molecule has 1 aromatic heterocycles. The summed E-state index contributed by atoms with van der Waals surface area (Å²) >= 11 is 7.50. The zero-order valence-electron chi connectivity index (χ0n) is 16.3. The number of sulfonamides is 1. The van der Waals surface area contributed by atoms with Crippen LogP contribution in [0.25, 0.3) is 11.3 Å². The van der Waals surface area contributed by atoms with Crippen molar-refractivity contribution < 1.29 is 13.2 Å². The van der Waals surface area contributed by atoms with Crippen molar-refractivity contribution >= 4 is 44.0 Å². The summed E-state index contributed by atoms with van der Waals surface area (Å²) in [5, 5.41) is 5.20. The predicted molar refractivity (Wildman–Crippen MR) is 120 cm³/mol. The summed E-state index contributed by atoms with van der Waals surface area (Å²) in [6.45, 7) is 2.99. The van der Waals surface area contributed by atoms with Gasteiger partial charge in [-0.3, -0.25) is 10.1 Å². The van der Waals surface area contributed by atoms with Crippen molar-refractivity contribution in [2.24, 2.45) is 0 Å². The van der Waals surface area contributed by atoms with Gasteiger partial charge in [0.05, 0.1) is 21.2 Å². The number of rotatable bonds is 5. The number of thiazole rings is 1. The lowest BCUT2D eigenvalue weighted by molar-refractivity contribution is 0.102. The quantitative estimate of drug-likeness (QED) is 0.591. The molecular weight excluding hydrogens is 442 g/mol. The van der Waals surface area contributed by atoms with E-state index in [1.165, 1.54) is 33.8 Å². The highest BCUT2D eigenvalue weighted by molar-refractivity contribution is 7.89. The van der Waals surface area contributed by atoms with Crippen LogP contribution in [-0.4, -0.2) is 36.7 Å². The Balaban J connectivity index is 1.58. The van der Waals surface area contributed by atoms with Gasteiger partial charge in [-0.25, -0.2) is 13.4 Å². The lowest BCUT2D eigenvalue weighted by Crippen LogP contribution is -2.28. The molecule has 1 fully saturated rings. The van der Waals surface area contributed by atoms with Gasteiger partial charge < -0.3 is 0 Å². The van der Waals surface area contributed by atoms with Crippen molar-refractivity contribution in [3.8, 4) is 11.3 Å². The van der Waals surface area contributed by atoms with Crippen LogP contribution in [-0.2, 0) is 10.0 Å². The van der Waals surface area contributed by atoms with Crippen molar-refractivity contribution in [3.63, 3.8) is 0 Å². The molecule has 0 bridgehead atoms. The number of hydrogen-bond donors (Lipinski definition) is 1. The van der Waals surface area contributed by atoms with E-state index in [-0.39, 0.29) is 15.5 Å². The number of aromatic nitrogens is 1. The minimum absolute atomic E-state index is 0.0682. The molecule has 3 aromatic rings. The van der Waals surface area contributed by atoms with Gasteiger partial charge in [-0.2, -0.15) is 4.31 Å². The predicted octanol–water partition coefficient (Wildman–Crippen LogP) is 4.81. The van der Waals surface area contributed by atoms with Crippen LogP contribution in [0.4, 0.5) is 5.13 Å². The molecule has 9 heteroatoms. The number of benzene rings is 2. The average molecular weight is 462 g/mol. The van der Waals surface area contributed by atoms with Crippen LogP contribution in [0.2, 0.25) is 5.02 Å². The molecule has 0 saturated carbocycles. The monoisotopic (exact) mass is 461 g/mol. The van der Waals surface area contributed by atoms with E-state index in [0.29, 0.717) is 18.2 Å². The molecule has 156 valence electrons. The standard InChI is InChI=1S/C21H20ClN3O3S2/c1-14-6-2-3-7-16(14)19-13-29-21(23-19)24-20(26)17-12-15(8-9-18(17)22)30(27,28)25-10-4-5-11-25/h2-3,6-9,12-13H,4-5,10-11H2,1H3,(H,23,24,26). The maximum atomic E-state index is 12.8. The van der Waals surface area contributed by atoms with Crippen molar-refractivity contribution in [1.82, 2.24) is 9.29 Å². The molecule has 4 rings (SSSR count). The van der Waals surface area contributed by atoms with E-state index >= 15 is 0 Å². The van der Waals surface area contributed by atoms with Gasteiger partial charge in [-0.1, -0.05) is 35.9 Å². The summed E-state index contributed by atoms with van der Waals surface area (Å²) in [5.74, 6) is -0.496. The summed E-state index contributed by atoms with van der Waals surface area (Å²) in [7, 11) is -3.64. The first kappa shape index (κ1) is 21.0. The second kappa shape index (κ2) is 8.47. The molecule has 0 unspecified atom stereocenters. The lowest BCUT2D eigenvalue weighted by atomic mass is 10.1. The Morgan fingerprint density at radius 3 is 2.63 bits per heavy atom. The first-order valence-corrected chi connectivity index (χ1v) is 12.2. The second-order valence-electron chi connectivity index (χ2n) is 7.06. The van der Waals surface area contributed by atoms with E-state index < -0.39 is 15.9 Å². The molecule has 2 aromatic carbocycles. The van der Waals surface area contributed by atoms with Gasteiger partial charge in [0.15, 0.2) is 5.13 Å². The van der Waals surface area contributed by atoms with Crippen LogP contribution in [0.15, 0.2) is 52.7 Å². The zero-order valence-corrected chi connectivity index (χ0v) is 18.6. The van der Waals surface area contributed by atoms with Crippen LogP contribution < -0.4 is 5.32 Å². The fourth-order valence-corrected chi connectivity index (χ4v) is 5.85. The third kappa shape index (κ3) is 4.13. The first-order chi connectivity index (χ1) is 14.4. The molecule has 0 atom stereocenters. The molecule has 6 nitrogen and oxygen atoms in total. The Morgan fingerprint density at radius 2 is 1.90 bits per heavy atom. The number of anilines is 1. The van der Waals surface area contributed by atoms with Gasteiger partial charge in [0.2, 0.25) is 10.0 Å². The van der Waals surface area contributed by atoms with Crippen molar-refractivity contribution in [2.75, 3.05) is 18.4 Å². The number of hydrogen-bond acceptors (Lipinski definition) is 5. The third-order valence-electron chi connectivity index (χ3n) is 5.03. The number of amides is 1. The molecular formula is C21H20ClN3O3S2. The number of nitrogens with zero attached hydrogens (tertiary/aromatic N) is 2. The van der Waals surface area contributed by atoms with Gasteiger partial charge in [0, 0.05) is 24.0 Å². The minimum atomic E-state index is -3.64.